The fourth-order valence-electron chi connectivity index (χ4n) is 2.85. The molecule has 0 unspecified atom stereocenters. The number of ether oxygens (including phenoxy) is 1. The number of halogens is 2. The highest BCUT2D eigenvalue weighted by Crippen LogP contribution is 2.32. The summed E-state index contributed by atoms with van der Waals surface area (Å²) in [6, 6.07) is 15.3. The average Bonchev–Trinajstić information content (AvgIpc) is 3.04. The average molecular weight is 374 g/mol. The zero-order valence-corrected chi connectivity index (χ0v) is 14.8. The summed E-state index contributed by atoms with van der Waals surface area (Å²) in [5.41, 5.74) is 3.25. The van der Waals surface area contributed by atoms with Gasteiger partial charge in [0.25, 0.3) is 0 Å². The molecule has 0 aliphatic rings. The summed E-state index contributed by atoms with van der Waals surface area (Å²) in [5, 5.41) is 9.47. The minimum atomic E-state index is -0.867. The number of carbonyl (C=O) groups is 1. The molecule has 0 atom stereocenters. The molecule has 0 amide bonds. The Morgan fingerprint density at radius 2 is 1.88 bits per heavy atom. The van der Waals surface area contributed by atoms with Crippen molar-refractivity contribution in [3.8, 4) is 22.7 Å². The topological polar surface area (TPSA) is 51.5 Å². The van der Waals surface area contributed by atoms with Crippen molar-refractivity contribution >= 4 is 17.6 Å². The number of hydrogen-bond donors (Lipinski definition) is 1. The van der Waals surface area contributed by atoms with E-state index in [-0.39, 0.29) is 12.2 Å². The molecule has 3 aromatic rings. The van der Waals surface area contributed by atoms with Gasteiger partial charge in [0, 0.05) is 11.4 Å². The van der Waals surface area contributed by atoms with Gasteiger partial charge in [-0.1, -0.05) is 11.6 Å². The highest BCUT2D eigenvalue weighted by molar-refractivity contribution is 6.32. The zero-order chi connectivity index (χ0) is 18.7. The maximum Gasteiger partial charge on any atom is 0.303 e. The first-order valence-electron chi connectivity index (χ1n) is 8.02. The SMILES string of the molecule is COc1ccc(-n2c(CCC(=O)O)ccc2-c2ccc(F)cc2)cc1Cl. The third-order valence-electron chi connectivity index (χ3n) is 4.09. The minimum absolute atomic E-state index is 0.0107. The molecule has 1 aromatic heterocycles. The van der Waals surface area contributed by atoms with Crippen molar-refractivity contribution in [3.05, 3.63) is 71.1 Å². The van der Waals surface area contributed by atoms with E-state index in [2.05, 4.69) is 0 Å². The van der Waals surface area contributed by atoms with Gasteiger partial charge < -0.3 is 14.4 Å². The summed E-state index contributed by atoms with van der Waals surface area (Å²) in [4.78, 5) is 11.0. The Labute approximate surface area is 155 Å². The molecule has 0 aliphatic heterocycles. The third-order valence-corrected chi connectivity index (χ3v) is 4.39. The van der Waals surface area contributed by atoms with Crippen molar-refractivity contribution in [3.63, 3.8) is 0 Å². The first kappa shape index (κ1) is 18.0. The molecule has 0 radical (unpaired) electrons. The van der Waals surface area contributed by atoms with E-state index in [1.165, 1.54) is 12.1 Å². The number of aryl methyl sites for hydroxylation is 1. The van der Waals surface area contributed by atoms with Crippen LogP contribution >= 0.6 is 11.6 Å². The number of nitrogens with zero attached hydrogens (tertiary/aromatic N) is 1. The fourth-order valence-corrected chi connectivity index (χ4v) is 3.11. The molecule has 134 valence electrons. The molecule has 3 rings (SSSR count). The lowest BCUT2D eigenvalue weighted by Gasteiger charge is -2.15. The smallest absolute Gasteiger partial charge is 0.303 e. The Bertz CT molecular complexity index is 935. The van der Waals surface area contributed by atoms with Crippen LogP contribution < -0.4 is 4.74 Å². The molecule has 0 bridgehead atoms. The van der Waals surface area contributed by atoms with Crippen molar-refractivity contribution in [2.75, 3.05) is 7.11 Å². The molecule has 26 heavy (non-hydrogen) atoms. The van der Waals surface area contributed by atoms with Crippen LogP contribution in [0, 0.1) is 5.82 Å². The van der Waals surface area contributed by atoms with E-state index in [9.17, 15) is 9.18 Å². The maximum absolute atomic E-state index is 13.3. The second kappa shape index (κ2) is 7.62. The molecular weight excluding hydrogens is 357 g/mol. The Balaban J connectivity index is 2.12. The van der Waals surface area contributed by atoms with Crippen molar-refractivity contribution in [2.45, 2.75) is 12.8 Å². The molecule has 0 saturated heterocycles. The summed E-state index contributed by atoms with van der Waals surface area (Å²) in [5.74, 6) is -0.628. The van der Waals surface area contributed by atoms with Crippen LogP contribution in [-0.2, 0) is 11.2 Å². The van der Waals surface area contributed by atoms with E-state index in [4.69, 9.17) is 21.4 Å². The van der Waals surface area contributed by atoms with Crippen LogP contribution in [0.5, 0.6) is 5.75 Å². The van der Waals surface area contributed by atoms with E-state index in [1.807, 2.05) is 22.8 Å². The van der Waals surface area contributed by atoms with E-state index in [0.29, 0.717) is 17.2 Å². The third kappa shape index (κ3) is 3.73. The first-order chi connectivity index (χ1) is 12.5. The number of benzene rings is 2. The van der Waals surface area contributed by atoms with Crippen LogP contribution in [0.1, 0.15) is 12.1 Å². The summed E-state index contributed by atoms with van der Waals surface area (Å²) in [7, 11) is 1.54. The molecule has 0 aliphatic carbocycles. The van der Waals surface area contributed by atoms with Gasteiger partial charge in [-0.05, 0) is 66.6 Å². The van der Waals surface area contributed by atoms with E-state index >= 15 is 0 Å². The normalized spacial score (nSPS) is 10.7. The van der Waals surface area contributed by atoms with Crippen molar-refractivity contribution in [1.82, 2.24) is 4.57 Å². The maximum atomic E-state index is 13.3. The van der Waals surface area contributed by atoms with Gasteiger partial charge in [0.05, 0.1) is 24.2 Å². The molecule has 0 fully saturated rings. The van der Waals surface area contributed by atoms with Gasteiger partial charge in [0.15, 0.2) is 0 Å². The number of carboxylic acids is 1. The van der Waals surface area contributed by atoms with Gasteiger partial charge in [0.1, 0.15) is 11.6 Å². The summed E-state index contributed by atoms with van der Waals surface area (Å²) in [6.45, 7) is 0. The van der Waals surface area contributed by atoms with Gasteiger partial charge >= 0.3 is 5.97 Å². The Kier molecular flexibility index (Phi) is 5.28. The van der Waals surface area contributed by atoms with Gasteiger partial charge in [0.2, 0.25) is 0 Å². The second-order valence-corrected chi connectivity index (χ2v) is 6.17. The van der Waals surface area contributed by atoms with Crippen LogP contribution in [0.2, 0.25) is 5.02 Å². The lowest BCUT2D eigenvalue weighted by atomic mass is 10.1. The van der Waals surface area contributed by atoms with E-state index < -0.39 is 5.97 Å². The monoisotopic (exact) mass is 373 g/mol. The van der Waals surface area contributed by atoms with Gasteiger partial charge in [-0.2, -0.15) is 0 Å². The number of aromatic nitrogens is 1. The predicted molar refractivity (Wildman–Crippen MR) is 98.7 cm³/mol. The van der Waals surface area contributed by atoms with Crippen LogP contribution in [-0.4, -0.2) is 22.8 Å². The van der Waals surface area contributed by atoms with Crippen LogP contribution in [0.3, 0.4) is 0 Å². The number of hydrogen-bond acceptors (Lipinski definition) is 2. The Hall–Kier alpha value is -2.79. The molecule has 4 nitrogen and oxygen atoms in total. The largest absolute Gasteiger partial charge is 0.495 e. The molecule has 6 heteroatoms. The van der Waals surface area contributed by atoms with Crippen LogP contribution in [0.25, 0.3) is 16.9 Å². The molecule has 1 heterocycles. The van der Waals surface area contributed by atoms with Crippen molar-refractivity contribution in [2.24, 2.45) is 0 Å². The standard InChI is InChI=1S/C20H17ClFNO3/c1-26-19-10-7-16(12-17(19)21)23-15(8-11-20(24)25)6-9-18(23)13-2-4-14(22)5-3-13/h2-7,9-10,12H,8,11H2,1H3,(H,24,25). The van der Waals surface area contributed by atoms with Crippen LogP contribution in [0.4, 0.5) is 4.39 Å². The predicted octanol–water partition coefficient (Wildman–Crippen LogP) is 4.96. The summed E-state index contributed by atoms with van der Waals surface area (Å²) in [6.07, 6.45) is 0.372. The first-order valence-corrected chi connectivity index (χ1v) is 8.39. The van der Waals surface area contributed by atoms with Crippen LogP contribution in [0.15, 0.2) is 54.6 Å². The molecule has 1 N–H and O–H groups in total. The van der Waals surface area contributed by atoms with Crippen molar-refractivity contribution in [1.29, 1.82) is 0 Å². The van der Waals surface area contributed by atoms with Gasteiger partial charge in [-0.25, -0.2) is 4.39 Å². The molecule has 0 saturated carbocycles. The summed E-state index contributed by atoms with van der Waals surface area (Å²) >= 11 is 6.26. The van der Waals surface area contributed by atoms with Gasteiger partial charge in [-0.3, -0.25) is 4.79 Å². The molecular formula is C20H17ClFNO3. The lowest BCUT2D eigenvalue weighted by Crippen LogP contribution is -2.05. The minimum Gasteiger partial charge on any atom is -0.495 e. The number of methoxy groups -OCH3 is 1. The number of rotatable bonds is 6. The molecule has 0 spiro atoms. The summed E-state index contributed by atoms with van der Waals surface area (Å²) < 4.78 is 20.4. The fraction of sp³-hybridized carbons (Fsp3) is 0.150. The lowest BCUT2D eigenvalue weighted by molar-refractivity contribution is -0.136. The van der Waals surface area contributed by atoms with Crippen molar-refractivity contribution < 1.29 is 19.0 Å². The zero-order valence-electron chi connectivity index (χ0n) is 14.1. The highest BCUT2D eigenvalue weighted by Gasteiger charge is 2.14. The quantitative estimate of drug-likeness (QED) is 0.664. The Morgan fingerprint density at radius 1 is 1.15 bits per heavy atom. The number of carboxylic acid groups (broad SMARTS) is 1. The highest BCUT2D eigenvalue weighted by atomic mass is 35.5. The van der Waals surface area contributed by atoms with Gasteiger partial charge in [-0.15, -0.1) is 0 Å². The second-order valence-electron chi connectivity index (χ2n) is 5.76. The molecule has 2 aromatic carbocycles. The number of aliphatic carboxylic acids is 1. The Morgan fingerprint density at radius 3 is 2.50 bits per heavy atom. The van der Waals surface area contributed by atoms with E-state index in [1.54, 1.807) is 31.4 Å². The van der Waals surface area contributed by atoms with E-state index in [0.717, 1.165) is 22.6 Å².